The largest absolute Gasteiger partial charge is 0.494 e. The van der Waals surface area contributed by atoms with Gasteiger partial charge in [-0.1, -0.05) is 25.0 Å². The standard InChI is InChI=1S/C57H84IN11O11/c58-45-17-15-43(16-18-45)10-8-13-51(70)61-24-7-5-12-50(63-52(71)39-65-29-31-66(40-54(73)74)33-35-68(42-56(77)78)36-34-67(32-30-65)41-55(75)76)64-62-25-6-3-1-2-4-14-53(72)69-27-22-44(23-28-69)11-9-37-80-46-19-20-49-48(38-46)47(57(59)79)21-26-60-49/h15-21,25-26,38,44,50,64H,1-14,22-24,27-37,39-42H2,(H2,59,79)(H,61,70)(H,63,71)(H,73,74)(H,75,76)(H,77,78)/b62-25+/t50-/m1/s1. The maximum absolute atomic E-state index is 13.8. The number of hydrazone groups is 1. The second-order valence-corrected chi connectivity index (χ2v) is 22.1. The number of ether oxygens (including phenoxy) is 1. The van der Waals surface area contributed by atoms with Crippen LogP contribution in [0.5, 0.6) is 5.75 Å². The van der Waals surface area contributed by atoms with E-state index < -0.39 is 30.0 Å². The summed E-state index contributed by atoms with van der Waals surface area (Å²) in [5, 5.41) is 40.0. The van der Waals surface area contributed by atoms with Crippen LogP contribution >= 0.6 is 22.6 Å². The van der Waals surface area contributed by atoms with Crippen molar-refractivity contribution in [3.05, 3.63) is 69.4 Å². The molecule has 2 aliphatic rings. The number of nitrogens with zero attached hydrogens (tertiary/aromatic N) is 7. The van der Waals surface area contributed by atoms with E-state index in [-0.39, 0.29) is 83.2 Å². The molecule has 0 bridgehead atoms. The first-order valence-electron chi connectivity index (χ1n) is 28.3. The number of pyridine rings is 1. The van der Waals surface area contributed by atoms with Gasteiger partial charge < -0.3 is 41.3 Å². The summed E-state index contributed by atoms with van der Waals surface area (Å²) in [7, 11) is 0. The number of hydrogen-bond donors (Lipinski definition) is 7. The second kappa shape index (κ2) is 36.4. The molecule has 1 atom stereocenters. The number of primary amides is 1. The lowest BCUT2D eigenvalue weighted by atomic mass is 9.92. The number of carboxylic acids is 3. The Morgan fingerprint density at radius 1 is 0.700 bits per heavy atom. The maximum atomic E-state index is 13.8. The molecule has 4 amide bonds. The van der Waals surface area contributed by atoms with Gasteiger partial charge in [0.05, 0.1) is 43.9 Å². The summed E-state index contributed by atoms with van der Waals surface area (Å²) in [5.41, 5.74) is 11.0. The van der Waals surface area contributed by atoms with E-state index >= 15 is 0 Å². The number of likely N-dealkylation sites (tertiary alicyclic amines) is 1. The minimum Gasteiger partial charge on any atom is -0.494 e. The quantitative estimate of drug-likeness (QED) is 0.0145. The highest BCUT2D eigenvalue weighted by Crippen LogP contribution is 2.25. The van der Waals surface area contributed by atoms with Gasteiger partial charge in [-0.05, 0) is 148 Å². The minimum atomic E-state index is -1.03. The molecule has 0 aliphatic carbocycles. The topological polar surface area (TPSA) is 293 Å². The molecule has 5 rings (SSSR count). The number of piperidine rings is 1. The number of halogens is 1. The van der Waals surface area contributed by atoms with E-state index in [9.17, 15) is 48.9 Å². The first kappa shape index (κ1) is 64.8. The average Bonchev–Trinajstić information content (AvgIpc) is 3.42. The molecule has 2 fully saturated rings. The molecule has 440 valence electrons. The summed E-state index contributed by atoms with van der Waals surface area (Å²) in [6.45, 7) is 4.03. The highest BCUT2D eigenvalue weighted by Gasteiger charge is 2.24. The fourth-order valence-corrected chi connectivity index (χ4v) is 10.3. The molecule has 80 heavy (non-hydrogen) atoms. The third-order valence-electron chi connectivity index (χ3n) is 14.5. The lowest BCUT2D eigenvalue weighted by Crippen LogP contribution is -2.51. The summed E-state index contributed by atoms with van der Waals surface area (Å²) in [6.07, 6.45) is 15.3. The predicted octanol–water partition coefficient (Wildman–Crippen LogP) is 4.48. The van der Waals surface area contributed by atoms with Gasteiger partial charge in [0.15, 0.2) is 0 Å². The number of benzene rings is 2. The second-order valence-electron chi connectivity index (χ2n) is 20.8. The average molecular weight is 1230 g/mol. The third-order valence-corrected chi connectivity index (χ3v) is 15.2. The van der Waals surface area contributed by atoms with E-state index in [1.165, 1.54) is 9.13 Å². The van der Waals surface area contributed by atoms with Gasteiger partial charge in [-0.3, -0.25) is 63.6 Å². The summed E-state index contributed by atoms with van der Waals surface area (Å²) in [5.74, 6) is -2.48. The molecule has 3 aromatic rings. The molecular formula is C57H84IN11O11. The number of nitrogens with two attached hydrogens (primary N) is 1. The van der Waals surface area contributed by atoms with E-state index in [1.54, 1.807) is 33.2 Å². The van der Waals surface area contributed by atoms with Crippen LogP contribution in [0.4, 0.5) is 0 Å². The highest BCUT2D eigenvalue weighted by molar-refractivity contribution is 14.1. The number of carbonyl (C=O) groups is 7. The molecule has 0 spiro atoms. The van der Waals surface area contributed by atoms with Crippen LogP contribution in [0.2, 0.25) is 0 Å². The van der Waals surface area contributed by atoms with Crippen molar-refractivity contribution < 1.29 is 53.6 Å². The van der Waals surface area contributed by atoms with Gasteiger partial charge in [-0.15, -0.1) is 0 Å². The summed E-state index contributed by atoms with van der Waals surface area (Å²) < 4.78 is 7.17. The van der Waals surface area contributed by atoms with E-state index in [2.05, 4.69) is 73.0 Å². The number of unbranched alkanes of at least 4 members (excludes halogenated alkanes) is 5. The number of fused-ring (bicyclic) bond motifs is 1. The molecule has 8 N–H and O–H groups in total. The van der Waals surface area contributed by atoms with Crippen molar-refractivity contribution in [3.8, 4) is 5.75 Å². The van der Waals surface area contributed by atoms with Crippen LogP contribution in [0, 0.1) is 9.49 Å². The first-order chi connectivity index (χ1) is 38.6. The Morgan fingerprint density at radius 3 is 1.93 bits per heavy atom. The summed E-state index contributed by atoms with van der Waals surface area (Å²) >= 11 is 2.27. The molecule has 2 aromatic carbocycles. The Labute approximate surface area is 483 Å². The number of nitrogens with one attached hydrogen (secondary N) is 3. The van der Waals surface area contributed by atoms with E-state index in [0.29, 0.717) is 92.9 Å². The van der Waals surface area contributed by atoms with Crippen LogP contribution in [0.15, 0.2) is 59.8 Å². The molecule has 0 radical (unpaired) electrons. The normalized spacial score (nSPS) is 16.1. The molecule has 2 saturated heterocycles. The van der Waals surface area contributed by atoms with Gasteiger partial charge in [-0.25, -0.2) is 0 Å². The van der Waals surface area contributed by atoms with Crippen LogP contribution in [0.3, 0.4) is 0 Å². The monoisotopic (exact) mass is 1230 g/mol. The zero-order chi connectivity index (χ0) is 57.5. The van der Waals surface area contributed by atoms with Crippen LogP contribution in [-0.2, 0) is 35.2 Å². The molecular weight excluding hydrogens is 1140 g/mol. The van der Waals surface area contributed by atoms with Crippen molar-refractivity contribution in [2.45, 2.75) is 109 Å². The number of rotatable bonds is 33. The molecule has 0 unspecified atom stereocenters. The maximum Gasteiger partial charge on any atom is 0.317 e. The van der Waals surface area contributed by atoms with E-state index in [0.717, 1.165) is 77.3 Å². The van der Waals surface area contributed by atoms with Gasteiger partial charge in [0.1, 0.15) is 11.9 Å². The zero-order valence-electron chi connectivity index (χ0n) is 46.2. The van der Waals surface area contributed by atoms with Crippen molar-refractivity contribution in [1.82, 2.24) is 45.5 Å². The third kappa shape index (κ3) is 26.1. The Bertz CT molecular complexity index is 2430. The number of aryl methyl sites for hydroxylation is 1. The molecule has 1 aromatic heterocycles. The number of carboxylic acid groups (broad SMARTS) is 3. The lowest BCUT2D eigenvalue weighted by Gasteiger charge is -2.33. The van der Waals surface area contributed by atoms with Crippen molar-refractivity contribution in [1.29, 1.82) is 0 Å². The SMILES string of the molecule is NC(=O)c1ccnc2ccc(OCCCC3CCN(C(=O)CCCCCC/C=N/N[C@H](CCCCNC(=O)CCCc4ccc(I)cc4)NC(=O)CN4CCN(CC(=O)O)CCN(CC(=O)O)CCN(CC(=O)O)CC4)CC3)cc12. The number of carbonyl (C=O) groups excluding carboxylic acids is 4. The molecule has 3 heterocycles. The molecule has 22 nitrogen and oxygen atoms in total. The first-order valence-corrected chi connectivity index (χ1v) is 29.4. The van der Waals surface area contributed by atoms with Gasteiger partial charge >= 0.3 is 17.9 Å². The van der Waals surface area contributed by atoms with Crippen LogP contribution in [0.1, 0.15) is 112 Å². The highest BCUT2D eigenvalue weighted by atomic mass is 127. The summed E-state index contributed by atoms with van der Waals surface area (Å²) in [4.78, 5) is 99.8. The number of aromatic nitrogens is 1. The Kier molecular flexibility index (Phi) is 29.4. The summed E-state index contributed by atoms with van der Waals surface area (Å²) in [6, 6.07) is 15.4. The van der Waals surface area contributed by atoms with E-state index in [4.69, 9.17) is 10.5 Å². The molecule has 2 aliphatic heterocycles. The van der Waals surface area contributed by atoms with Gasteiger partial charge in [-0.2, -0.15) is 5.10 Å². The zero-order valence-corrected chi connectivity index (χ0v) is 48.4. The smallest absolute Gasteiger partial charge is 0.317 e. The Morgan fingerprint density at radius 2 is 1.31 bits per heavy atom. The fourth-order valence-electron chi connectivity index (χ4n) is 9.98. The van der Waals surface area contributed by atoms with Gasteiger partial charge in [0, 0.05) is 106 Å². The predicted molar refractivity (Wildman–Crippen MR) is 313 cm³/mol. The Balaban J connectivity index is 1.03. The lowest BCUT2D eigenvalue weighted by molar-refractivity contribution is -0.140. The van der Waals surface area contributed by atoms with E-state index in [1.807, 2.05) is 28.0 Å². The van der Waals surface area contributed by atoms with Gasteiger partial charge in [0.2, 0.25) is 23.6 Å². The van der Waals surface area contributed by atoms with Crippen molar-refractivity contribution >= 4 is 81.2 Å². The van der Waals surface area contributed by atoms with Crippen LogP contribution in [0.25, 0.3) is 10.9 Å². The van der Waals surface area contributed by atoms with Crippen molar-refractivity contribution in [2.24, 2.45) is 16.8 Å². The number of hydrogen-bond acceptors (Lipinski definition) is 15. The van der Waals surface area contributed by atoms with Crippen molar-refractivity contribution in [3.63, 3.8) is 0 Å². The van der Waals surface area contributed by atoms with Crippen LogP contribution in [-0.4, -0.2) is 203 Å². The number of amides is 4. The minimum absolute atomic E-state index is 0.00461. The van der Waals surface area contributed by atoms with Crippen LogP contribution < -0.4 is 26.5 Å². The number of aliphatic carboxylic acids is 3. The molecule has 0 saturated carbocycles. The molecule has 23 heteroatoms. The van der Waals surface area contributed by atoms with Crippen molar-refractivity contribution in [2.75, 3.05) is 105 Å². The fraction of sp³-hybridized carbons (Fsp3) is 0.596. The Hall–Kier alpha value is -6.02. The van der Waals surface area contributed by atoms with Gasteiger partial charge in [0.25, 0.3) is 0 Å².